The number of ether oxygens (including phenoxy) is 1. The van der Waals surface area contributed by atoms with E-state index in [1.54, 1.807) is 5.57 Å². The third kappa shape index (κ3) is 1.08. The van der Waals surface area contributed by atoms with Gasteiger partial charge >= 0.3 is 0 Å². The second-order valence-electron chi connectivity index (χ2n) is 6.12. The molecule has 19 heavy (non-hydrogen) atoms. The molecule has 0 radical (unpaired) electrons. The van der Waals surface area contributed by atoms with E-state index in [0.717, 1.165) is 18.7 Å². The maximum Gasteiger partial charge on any atom is 0.131 e. The minimum absolute atomic E-state index is 0.132. The summed E-state index contributed by atoms with van der Waals surface area (Å²) in [5.74, 6) is 1.13. The molecule has 0 amide bonds. The highest BCUT2D eigenvalue weighted by atomic mass is 16.5. The molecule has 2 heterocycles. The summed E-state index contributed by atoms with van der Waals surface area (Å²) in [6, 6.07) is 7.09. The van der Waals surface area contributed by atoms with Crippen LogP contribution in [0.1, 0.15) is 24.0 Å². The minimum Gasteiger partial charge on any atom is -0.485 e. The second-order valence-corrected chi connectivity index (χ2v) is 6.12. The average Bonchev–Trinajstić information content (AvgIpc) is 2.70. The maximum absolute atomic E-state index is 6.28. The Bertz CT molecular complexity index is 630. The van der Waals surface area contributed by atoms with Gasteiger partial charge in [-0.2, -0.15) is 0 Å². The Hall–Kier alpha value is -1.54. The van der Waals surface area contributed by atoms with E-state index < -0.39 is 0 Å². The first-order chi connectivity index (χ1) is 9.39. The van der Waals surface area contributed by atoms with E-state index in [1.807, 2.05) is 0 Å². The predicted molar refractivity (Wildman–Crippen MR) is 74.5 cm³/mol. The molecule has 0 aromatic heterocycles. The highest BCUT2D eigenvalue weighted by Crippen LogP contribution is 2.57. The molecule has 1 spiro atoms. The number of rotatable bonds is 0. The minimum atomic E-state index is 0.132. The van der Waals surface area contributed by atoms with Crippen LogP contribution >= 0.6 is 0 Å². The number of nitrogens with one attached hydrogen (secondary N) is 1. The van der Waals surface area contributed by atoms with Gasteiger partial charge in [0.2, 0.25) is 0 Å². The number of hydrogen-bond acceptors (Lipinski definition) is 2. The fourth-order valence-corrected chi connectivity index (χ4v) is 4.65. The van der Waals surface area contributed by atoms with E-state index in [2.05, 4.69) is 41.7 Å². The molecule has 1 N–H and O–H groups in total. The van der Waals surface area contributed by atoms with E-state index in [-0.39, 0.29) is 11.5 Å². The molecule has 1 unspecified atom stereocenters. The van der Waals surface area contributed by atoms with Crippen LogP contribution in [0.15, 0.2) is 42.0 Å². The summed E-state index contributed by atoms with van der Waals surface area (Å²) < 4.78 is 6.28. The second kappa shape index (κ2) is 3.31. The van der Waals surface area contributed by atoms with Crippen LogP contribution in [0.25, 0.3) is 0 Å². The summed E-state index contributed by atoms with van der Waals surface area (Å²) >= 11 is 0. The Morgan fingerprint density at radius 1 is 1.32 bits per heavy atom. The monoisotopic (exact) mass is 251 g/mol. The van der Waals surface area contributed by atoms with Gasteiger partial charge in [-0.25, -0.2) is 0 Å². The Morgan fingerprint density at radius 2 is 2.32 bits per heavy atom. The molecular formula is C17H17NO. The fourth-order valence-electron chi connectivity index (χ4n) is 4.65. The lowest BCUT2D eigenvalue weighted by Gasteiger charge is -2.43. The molecule has 0 saturated carbocycles. The molecule has 5 rings (SSSR count). The van der Waals surface area contributed by atoms with Crippen LogP contribution in [-0.2, 0) is 11.8 Å². The average molecular weight is 251 g/mol. The molecule has 2 aliphatic heterocycles. The van der Waals surface area contributed by atoms with Crippen molar-refractivity contribution in [2.75, 3.05) is 6.54 Å². The zero-order chi connectivity index (χ0) is 12.4. The van der Waals surface area contributed by atoms with Gasteiger partial charge in [0.05, 0.1) is 5.41 Å². The van der Waals surface area contributed by atoms with Crippen LogP contribution in [-0.4, -0.2) is 18.7 Å². The van der Waals surface area contributed by atoms with Crippen LogP contribution < -0.4 is 10.1 Å². The molecule has 2 aliphatic carbocycles. The Balaban J connectivity index is 1.88. The zero-order valence-electron chi connectivity index (χ0n) is 10.9. The molecule has 1 saturated heterocycles. The molecule has 1 aromatic carbocycles. The quantitative estimate of drug-likeness (QED) is 0.765. The summed E-state index contributed by atoms with van der Waals surface area (Å²) in [7, 11) is 0. The van der Waals surface area contributed by atoms with Crippen molar-refractivity contribution in [3.05, 3.63) is 53.1 Å². The van der Waals surface area contributed by atoms with Gasteiger partial charge in [-0.05, 0) is 49.1 Å². The van der Waals surface area contributed by atoms with Crippen LogP contribution in [0.4, 0.5) is 0 Å². The van der Waals surface area contributed by atoms with Gasteiger partial charge in [0.1, 0.15) is 11.9 Å². The van der Waals surface area contributed by atoms with E-state index in [9.17, 15) is 0 Å². The van der Waals surface area contributed by atoms with Crippen molar-refractivity contribution in [1.82, 2.24) is 5.32 Å². The standard InChI is InChI=1S/C17H17NO/c1-4-11-10-13-12-5-2-7-15-17(12,8-3-9-18-13)16(11)14(6-1)19-15/h1-2,4-7,13,15,18H,3,8-10H2/t13-,15?,17-/m1/s1. The van der Waals surface area contributed by atoms with Gasteiger partial charge in [-0.1, -0.05) is 24.3 Å². The molecule has 3 atom stereocenters. The highest BCUT2D eigenvalue weighted by Gasteiger charge is 2.56. The molecule has 1 aromatic rings. The summed E-state index contributed by atoms with van der Waals surface area (Å²) in [6.07, 6.45) is 10.5. The van der Waals surface area contributed by atoms with Crippen LogP contribution in [0, 0.1) is 0 Å². The summed E-state index contributed by atoms with van der Waals surface area (Å²) in [5, 5.41) is 3.73. The van der Waals surface area contributed by atoms with Crippen LogP contribution in [0.5, 0.6) is 5.75 Å². The van der Waals surface area contributed by atoms with Gasteiger partial charge in [0, 0.05) is 11.6 Å². The molecule has 96 valence electrons. The van der Waals surface area contributed by atoms with Crippen molar-refractivity contribution >= 4 is 0 Å². The van der Waals surface area contributed by atoms with E-state index in [0.29, 0.717) is 6.04 Å². The van der Waals surface area contributed by atoms with Gasteiger partial charge in [0.25, 0.3) is 0 Å². The van der Waals surface area contributed by atoms with Crippen LogP contribution in [0.3, 0.4) is 0 Å². The number of benzene rings is 1. The first-order valence-electron chi connectivity index (χ1n) is 7.31. The van der Waals surface area contributed by atoms with Gasteiger partial charge in [-0.3, -0.25) is 0 Å². The van der Waals surface area contributed by atoms with Gasteiger partial charge in [0.15, 0.2) is 0 Å². The van der Waals surface area contributed by atoms with Crippen molar-refractivity contribution < 1.29 is 4.74 Å². The highest BCUT2D eigenvalue weighted by molar-refractivity contribution is 5.62. The van der Waals surface area contributed by atoms with Gasteiger partial charge in [-0.15, -0.1) is 0 Å². The first-order valence-corrected chi connectivity index (χ1v) is 7.31. The summed E-state index contributed by atoms with van der Waals surface area (Å²) in [6.45, 7) is 1.12. The van der Waals surface area contributed by atoms with Crippen molar-refractivity contribution in [3.8, 4) is 5.75 Å². The maximum atomic E-state index is 6.28. The molecule has 1 fully saturated rings. The van der Waals surface area contributed by atoms with E-state index in [1.165, 1.54) is 24.0 Å². The number of hydrogen-bond donors (Lipinski definition) is 1. The molecule has 2 nitrogen and oxygen atoms in total. The lowest BCUT2D eigenvalue weighted by molar-refractivity contribution is 0.198. The van der Waals surface area contributed by atoms with Crippen molar-refractivity contribution in [2.45, 2.75) is 36.8 Å². The lowest BCUT2D eigenvalue weighted by atomic mass is 9.60. The largest absolute Gasteiger partial charge is 0.485 e. The normalized spacial score (nSPS) is 37.2. The van der Waals surface area contributed by atoms with E-state index in [4.69, 9.17) is 4.74 Å². The third-order valence-corrected chi connectivity index (χ3v) is 5.31. The topological polar surface area (TPSA) is 21.3 Å². The SMILES string of the molecule is C1=CC2Oc3cccc4c3[C@@]23CCCN[C@H](C4)C3=C1. The summed E-state index contributed by atoms with van der Waals surface area (Å²) in [4.78, 5) is 0. The zero-order valence-corrected chi connectivity index (χ0v) is 10.9. The van der Waals surface area contributed by atoms with Crippen LogP contribution in [0.2, 0.25) is 0 Å². The van der Waals surface area contributed by atoms with Crippen molar-refractivity contribution in [2.24, 2.45) is 0 Å². The van der Waals surface area contributed by atoms with Crippen molar-refractivity contribution in [3.63, 3.8) is 0 Å². The van der Waals surface area contributed by atoms with E-state index >= 15 is 0 Å². The Morgan fingerprint density at radius 3 is 3.32 bits per heavy atom. The smallest absolute Gasteiger partial charge is 0.131 e. The third-order valence-electron chi connectivity index (χ3n) is 5.31. The Kier molecular flexibility index (Phi) is 1.79. The lowest BCUT2D eigenvalue weighted by Crippen LogP contribution is -2.49. The predicted octanol–water partition coefficient (Wildman–Crippen LogP) is 2.49. The molecular weight excluding hydrogens is 234 g/mol. The first kappa shape index (κ1) is 10.3. The molecule has 2 bridgehead atoms. The van der Waals surface area contributed by atoms with Crippen molar-refractivity contribution in [1.29, 1.82) is 0 Å². The molecule has 2 heteroatoms. The molecule has 4 aliphatic rings. The van der Waals surface area contributed by atoms with Gasteiger partial charge < -0.3 is 10.1 Å². The fraction of sp³-hybridized carbons (Fsp3) is 0.412. The Labute approximate surface area is 113 Å². The summed E-state index contributed by atoms with van der Waals surface area (Å²) in [5.41, 5.74) is 4.69. The number of allylic oxidation sites excluding steroid dienone is 2.